The van der Waals surface area contributed by atoms with E-state index < -0.39 is 0 Å². The fraction of sp³-hybridized carbons (Fsp3) is 0.667. The molecule has 1 nitrogen and oxygen atoms in total. The van der Waals surface area contributed by atoms with Crippen molar-refractivity contribution < 1.29 is 5.11 Å². The first-order valence-electron chi connectivity index (χ1n) is 7.96. The summed E-state index contributed by atoms with van der Waals surface area (Å²) in [7, 11) is 0. The molecule has 2 aliphatic carbocycles. The van der Waals surface area contributed by atoms with Gasteiger partial charge in [0, 0.05) is 5.41 Å². The Labute approximate surface area is 117 Å². The van der Waals surface area contributed by atoms with Gasteiger partial charge in [-0.15, -0.1) is 0 Å². The van der Waals surface area contributed by atoms with Crippen LogP contribution in [0, 0.1) is 11.8 Å². The number of benzene rings is 1. The molecular formula is C18H26O. The Hall–Kier alpha value is -0.820. The van der Waals surface area contributed by atoms with E-state index in [-0.39, 0.29) is 11.5 Å². The van der Waals surface area contributed by atoms with Gasteiger partial charge in [0.05, 0.1) is 6.10 Å². The first kappa shape index (κ1) is 13.2. The van der Waals surface area contributed by atoms with Gasteiger partial charge in [0.1, 0.15) is 0 Å². The van der Waals surface area contributed by atoms with Crippen molar-refractivity contribution in [3.05, 3.63) is 35.9 Å². The molecule has 2 saturated carbocycles. The summed E-state index contributed by atoms with van der Waals surface area (Å²) in [4.78, 5) is 0. The predicted octanol–water partition coefficient (Wildman–Crippen LogP) is 4.30. The molecule has 1 aromatic rings. The molecule has 2 fully saturated rings. The smallest absolute Gasteiger partial charge is 0.0664 e. The van der Waals surface area contributed by atoms with Gasteiger partial charge in [-0.05, 0) is 43.1 Å². The van der Waals surface area contributed by atoms with Crippen molar-refractivity contribution >= 4 is 0 Å². The highest BCUT2D eigenvalue weighted by atomic mass is 16.3. The Kier molecular flexibility index (Phi) is 3.66. The lowest BCUT2D eigenvalue weighted by Crippen LogP contribution is -2.49. The minimum absolute atomic E-state index is 0.0759. The highest BCUT2D eigenvalue weighted by Gasteiger charge is 2.47. The Morgan fingerprint density at radius 3 is 2.21 bits per heavy atom. The van der Waals surface area contributed by atoms with Crippen LogP contribution in [-0.2, 0) is 5.41 Å². The van der Waals surface area contributed by atoms with Gasteiger partial charge in [0.25, 0.3) is 0 Å². The summed E-state index contributed by atoms with van der Waals surface area (Å²) >= 11 is 0. The van der Waals surface area contributed by atoms with Gasteiger partial charge in [0.15, 0.2) is 0 Å². The second kappa shape index (κ2) is 5.28. The molecule has 104 valence electrons. The van der Waals surface area contributed by atoms with Crippen molar-refractivity contribution in [2.24, 2.45) is 11.8 Å². The summed E-state index contributed by atoms with van der Waals surface area (Å²) in [6.07, 6.45) is 8.52. The van der Waals surface area contributed by atoms with Crippen LogP contribution in [0.2, 0.25) is 0 Å². The number of hydrogen-bond donors (Lipinski definition) is 1. The van der Waals surface area contributed by atoms with Crippen LogP contribution < -0.4 is 0 Å². The van der Waals surface area contributed by atoms with E-state index in [0.717, 1.165) is 5.92 Å². The molecule has 0 saturated heterocycles. The Balaban J connectivity index is 1.78. The van der Waals surface area contributed by atoms with Crippen LogP contribution in [0.4, 0.5) is 0 Å². The number of aliphatic hydroxyl groups excluding tert-OH is 1. The largest absolute Gasteiger partial charge is 0.392 e. The highest BCUT2D eigenvalue weighted by Crippen LogP contribution is 2.50. The average Bonchev–Trinajstić information content (AvgIpc) is 2.39. The van der Waals surface area contributed by atoms with Crippen LogP contribution in [-0.4, -0.2) is 11.2 Å². The number of hydrogen-bond acceptors (Lipinski definition) is 1. The third-order valence-corrected chi connectivity index (χ3v) is 5.67. The van der Waals surface area contributed by atoms with Crippen LogP contribution in [0.15, 0.2) is 30.3 Å². The predicted molar refractivity (Wildman–Crippen MR) is 79.1 cm³/mol. The molecule has 0 bridgehead atoms. The molecule has 0 radical (unpaired) electrons. The van der Waals surface area contributed by atoms with E-state index in [1.165, 1.54) is 50.5 Å². The maximum Gasteiger partial charge on any atom is 0.0664 e. The SMILES string of the molecule is CC1CCC(C(O)C2(c3ccccc3)CCC2)CC1. The molecule has 1 unspecified atom stereocenters. The van der Waals surface area contributed by atoms with E-state index in [0.29, 0.717) is 5.92 Å². The number of rotatable bonds is 3. The van der Waals surface area contributed by atoms with Gasteiger partial charge in [-0.3, -0.25) is 0 Å². The minimum Gasteiger partial charge on any atom is -0.392 e. The van der Waals surface area contributed by atoms with Crippen LogP contribution in [0.1, 0.15) is 57.4 Å². The lowest BCUT2D eigenvalue weighted by atomic mass is 9.57. The molecule has 2 aliphatic rings. The zero-order chi connectivity index (χ0) is 13.3. The fourth-order valence-corrected chi connectivity index (χ4v) is 4.14. The van der Waals surface area contributed by atoms with Gasteiger partial charge >= 0.3 is 0 Å². The topological polar surface area (TPSA) is 20.2 Å². The molecule has 0 spiro atoms. The molecule has 1 aromatic carbocycles. The average molecular weight is 258 g/mol. The van der Waals surface area contributed by atoms with Crippen LogP contribution >= 0.6 is 0 Å². The van der Waals surface area contributed by atoms with Crippen molar-refractivity contribution in [2.45, 2.75) is 63.4 Å². The minimum atomic E-state index is -0.129. The molecule has 0 heterocycles. The molecule has 19 heavy (non-hydrogen) atoms. The first-order valence-corrected chi connectivity index (χ1v) is 7.96. The molecule has 0 amide bonds. The molecule has 1 atom stereocenters. The summed E-state index contributed by atoms with van der Waals surface area (Å²) in [6, 6.07) is 10.7. The molecule has 3 rings (SSSR count). The molecule has 1 heteroatoms. The zero-order valence-electron chi connectivity index (χ0n) is 12.0. The van der Waals surface area contributed by atoms with Gasteiger partial charge in [0.2, 0.25) is 0 Å². The lowest BCUT2D eigenvalue weighted by molar-refractivity contribution is -0.0287. The van der Waals surface area contributed by atoms with Gasteiger partial charge < -0.3 is 5.11 Å². The molecular weight excluding hydrogens is 232 g/mol. The first-order chi connectivity index (χ1) is 9.22. The Bertz CT molecular complexity index is 399. The second-order valence-corrected chi connectivity index (χ2v) is 6.84. The van der Waals surface area contributed by atoms with E-state index in [9.17, 15) is 5.11 Å². The van der Waals surface area contributed by atoms with Crippen molar-refractivity contribution in [3.8, 4) is 0 Å². The molecule has 0 aliphatic heterocycles. The molecule has 1 N–H and O–H groups in total. The van der Waals surface area contributed by atoms with Gasteiger partial charge in [-0.2, -0.15) is 0 Å². The lowest BCUT2D eigenvalue weighted by Gasteiger charge is -2.49. The normalized spacial score (nSPS) is 31.5. The van der Waals surface area contributed by atoms with E-state index in [1.54, 1.807) is 0 Å². The Morgan fingerprint density at radius 1 is 1.05 bits per heavy atom. The standard InChI is InChI=1S/C18H26O/c1-14-8-10-15(11-9-14)17(19)18(12-5-13-18)16-6-3-2-4-7-16/h2-4,6-7,14-15,17,19H,5,8-13H2,1H3. The van der Waals surface area contributed by atoms with Crippen LogP contribution in [0.25, 0.3) is 0 Å². The maximum absolute atomic E-state index is 11.0. The van der Waals surface area contributed by atoms with Crippen molar-refractivity contribution in [3.63, 3.8) is 0 Å². The van der Waals surface area contributed by atoms with Crippen molar-refractivity contribution in [1.82, 2.24) is 0 Å². The Morgan fingerprint density at radius 2 is 1.68 bits per heavy atom. The van der Waals surface area contributed by atoms with Crippen LogP contribution in [0.3, 0.4) is 0 Å². The third-order valence-electron chi connectivity index (χ3n) is 5.67. The highest BCUT2D eigenvalue weighted by molar-refractivity contribution is 5.30. The fourth-order valence-electron chi connectivity index (χ4n) is 4.14. The third kappa shape index (κ3) is 2.33. The quantitative estimate of drug-likeness (QED) is 0.857. The van der Waals surface area contributed by atoms with E-state index in [2.05, 4.69) is 37.3 Å². The summed E-state index contributed by atoms with van der Waals surface area (Å²) < 4.78 is 0. The molecule has 0 aromatic heterocycles. The van der Waals surface area contributed by atoms with E-state index in [4.69, 9.17) is 0 Å². The summed E-state index contributed by atoms with van der Waals surface area (Å²) in [5.41, 5.74) is 1.44. The van der Waals surface area contributed by atoms with E-state index >= 15 is 0 Å². The summed E-state index contributed by atoms with van der Waals surface area (Å²) in [5, 5.41) is 11.0. The van der Waals surface area contributed by atoms with Crippen molar-refractivity contribution in [2.75, 3.05) is 0 Å². The monoisotopic (exact) mass is 258 g/mol. The van der Waals surface area contributed by atoms with Crippen LogP contribution in [0.5, 0.6) is 0 Å². The summed E-state index contributed by atoms with van der Waals surface area (Å²) in [5.74, 6) is 1.38. The van der Waals surface area contributed by atoms with Crippen molar-refractivity contribution in [1.29, 1.82) is 0 Å². The van der Waals surface area contributed by atoms with Gasteiger partial charge in [-0.25, -0.2) is 0 Å². The summed E-state index contributed by atoms with van der Waals surface area (Å²) in [6.45, 7) is 2.35. The van der Waals surface area contributed by atoms with Gasteiger partial charge in [-0.1, -0.05) is 56.5 Å². The number of aliphatic hydroxyl groups is 1. The second-order valence-electron chi connectivity index (χ2n) is 6.84. The maximum atomic E-state index is 11.0. The zero-order valence-corrected chi connectivity index (χ0v) is 12.0. The van der Waals surface area contributed by atoms with E-state index in [1.807, 2.05) is 0 Å².